The van der Waals surface area contributed by atoms with Gasteiger partial charge in [-0.1, -0.05) is 24.3 Å². The molecule has 0 saturated carbocycles. The molecule has 0 fully saturated rings. The lowest BCUT2D eigenvalue weighted by atomic mass is 10.0. The fourth-order valence-electron chi connectivity index (χ4n) is 1.88. The summed E-state index contributed by atoms with van der Waals surface area (Å²) < 4.78 is 42.7. The van der Waals surface area contributed by atoms with Crippen molar-refractivity contribution in [1.82, 2.24) is 5.32 Å². The molecule has 3 nitrogen and oxygen atoms in total. The second kappa shape index (κ2) is 6.61. The number of alkyl halides is 3. The molecule has 0 aliphatic rings. The minimum absolute atomic E-state index is 0.201. The van der Waals surface area contributed by atoms with E-state index in [0.717, 1.165) is 11.1 Å². The van der Waals surface area contributed by atoms with Crippen LogP contribution in [0.4, 0.5) is 13.2 Å². The topological polar surface area (TPSA) is 38.3 Å². The van der Waals surface area contributed by atoms with Gasteiger partial charge in [0.05, 0.1) is 6.10 Å². The van der Waals surface area contributed by atoms with Crippen LogP contribution in [0.15, 0.2) is 24.3 Å². The molecule has 7 heteroatoms. The molecule has 0 saturated heterocycles. The highest BCUT2D eigenvalue weighted by Crippen LogP contribution is 2.25. The minimum atomic E-state index is -4.88. The molecule has 0 unspecified atom stereocenters. The van der Waals surface area contributed by atoms with Crippen molar-refractivity contribution in [1.29, 1.82) is 0 Å². The van der Waals surface area contributed by atoms with Crippen LogP contribution in [0.5, 0.6) is 0 Å². The van der Waals surface area contributed by atoms with Gasteiger partial charge >= 0.3 is 12.1 Å². The molecule has 0 heterocycles. The number of halogens is 3. The number of nitrogens with one attached hydrogen (secondary N) is 1. The van der Waals surface area contributed by atoms with Crippen LogP contribution in [0.1, 0.15) is 17.2 Å². The maximum Gasteiger partial charge on any atom is 0.471 e. The monoisotopic (exact) mass is 319 g/mol. The highest BCUT2D eigenvalue weighted by atomic mass is 28.4. The molecule has 0 aliphatic heterocycles. The second-order valence-corrected chi connectivity index (χ2v) is 10.2. The van der Waals surface area contributed by atoms with Gasteiger partial charge in [-0.3, -0.25) is 4.79 Å². The summed E-state index contributed by atoms with van der Waals surface area (Å²) in [5.74, 6) is -1.94. The smallest absolute Gasteiger partial charge is 0.409 e. The lowest BCUT2D eigenvalue weighted by molar-refractivity contribution is -0.173. The predicted octanol–water partition coefficient (Wildman–Crippen LogP) is 3.57. The summed E-state index contributed by atoms with van der Waals surface area (Å²) in [6.45, 7) is 7.51. The number of amides is 1. The van der Waals surface area contributed by atoms with Crippen molar-refractivity contribution in [2.75, 3.05) is 6.54 Å². The Labute approximate surface area is 123 Å². The van der Waals surface area contributed by atoms with Gasteiger partial charge in [-0.25, -0.2) is 0 Å². The normalized spacial score (nSPS) is 13.9. The van der Waals surface area contributed by atoms with E-state index in [1.165, 1.54) is 0 Å². The number of aryl methyl sites for hydroxylation is 1. The first-order valence-electron chi connectivity index (χ1n) is 6.59. The molecular weight excluding hydrogens is 299 g/mol. The van der Waals surface area contributed by atoms with Crippen LogP contribution in [0, 0.1) is 6.92 Å². The zero-order valence-electron chi connectivity index (χ0n) is 12.5. The van der Waals surface area contributed by atoms with E-state index in [-0.39, 0.29) is 6.54 Å². The molecule has 1 aromatic carbocycles. The standard InChI is InChI=1S/C14H20F3NO2Si/c1-10-7-5-6-8-11(10)12(20-21(2,3)4)9-18-13(19)14(15,16)17/h5-8,12H,9H2,1-4H3,(H,18,19)/t12-/m1/s1. The third-order valence-electron chi connectivity index (χ3n) is 2.74. The summed E-state index contributed by atoms with van der Waals surface area (Å²) >= 11 is 0. The van der Waals surface area contributed by atoms with Gasteiger partial charge in [-0.05, 0) is 37.7 Å². The lowest BCUT2D eigenvalue weighted by Crippen LogP contribution is -2.41. The third kappa shape index (κ3) is 5.89. The van der Waals surface area contributed by atoms with Crippen molar-refractivity contribution in [2.24, 2.45) is 0 Å². The quantitative estimate of drug-likeness (QED) is 0.843. The van der Waals surface area contributed by atoms with E-state index in [2.05, 4.69) is 0 Å². The molecule has 0 spiro atoms. The van der Waals surface area contributed by atoms with E-state index < -0.39 is 26.5 Å². The van der Waals surface area contributed by atoms with Crippen LogP contribution >= 0.6 is 0 Å². The van der Waals surface area contributed by atoms with Gasteiger partial charge in [0.25, 0.3) is 0 Å². The molecule has 1 N–H and O–H groups in total. The molecule has 1 rings (SSSR count). The molecule has 0 aromatic heterocycles. The van der Waals surface area contributed by atoms with Crippen molar-refractivity contribution < 1.29 is 22.4 Å². The molecule has 0 aliphatic carbocycles. The highest BCUT2D eigenvalue weighted by Gasteiger charge is 2.39. The summed E-state index contributed by atoms with van der Waals surface area (Å²) in [6.07, 6.45) is -5.46. The average Bonchev–Trinajstić information content (AvgIpc) is 2.32. The summed E-state index contributed by atoms with van der Waals surface area (Å²) in [4.78, 5) is 11.0. The lowest BCUT2D eigenvalue weighted by Gasteiger charge is -2.28. The van der Waals surface area contributed by atoms with E-state index in [1.807, 2.05) is 44.0 Å². The Morgan fingerprint density at radius 3 is 2.33 bits per heavy atom. The van der Waals surface area contributed by atoms with E-state index >= 15 is 0 Å². The van der Waals surface area contributed by atoms with Crippen LogP contribution in [-0.4, -0.2) is 26.9 Å². The number of benzene rings is 1. The number of carbonyl (C=O) groups excluding carboxylic acids is 1. The Morgan fingerprint density at radius 1 is 1.29 bits per heavy atom. The van der Waals surface area contributed by atoms with Gasteiger partial charge in [-0.2, -0.15) is 13.2 Å². The first kappa shape index (κ1) is 17.7. The Bertz CT molecular complexity index is 498. The number of carbonyl (C=O) groups is 1. The Kier molecular flexibility index (Phi) is 5.58. The largest absolute Gasteiger partial charge is 0.471 e. The summed E-state index contributed by atoms with van der Waals surface area (Å²) in [5.41, 5.74) is 1.71. The molecule has 1 atom stereocenters. The minimum Gasteiger partial charge on any atom is -0.409 e. The molecule has 0 radical (unpaired) electrons. The summed E-state index contributed by atoms with van der Waals surface area (Å²) in [6, 6.07) is 7.31. The van der Waals surface area contributed by atoms with E-state index in [9.17, 15) is 18.0 Å². The molecule has 118 valence electrons. The van der Waals surface area contributed by atoms with Gasteiger partial charge in [0, 0.05) is 6.54 Å². The zero-order chi connectivity index (χ0) is 16.3. The van der Waals surface area contributed by atoms with Gasteiger partial charge in [0.2, 0.25) is 0 Å². The zero-order valence-corrected chi connectivity index (χ0v) is 13.5. The maximum absolute atomic E-state index is 12.3. The second-order valence-electron chi connectivity index (χ2n) is 5.78. The number of hydrogen-bond donors (Lipinski definition) is 1. The first-order valence-corrected chi connectivity index (χ1v) is 10.00. The molecule has 1 aromatic rings. The predicted molar refractivity (Wildman–Crippen MR) is 77.4 cm³/mol. The van der Waals surface area contributed by atoms with Gasteiger partial charge in [-0.15, -0.1) is 0 Å². The average molecular weight is 319 g/mol. The SMILES string of the molecule is Cc1ccccc1[C@@H](CNC(=O)C(F)(F)F)O[Si](C)(C)C. The van der Waals surface area contributed by atoms with Crippen molar-refractivity contribution in [3.8, 4) is 0 Å². The van der Waals surface area contributed by atoms with Crippen LogP contribution in [0.25, 0.3) is 0 Å². The summed E-state index contributed by atoms with van der Waals surface area (Å²) in [5, 5.41) is 1.90. The molecule has 0 bridgehead atoms. The van der Waals surface area contributed by atoms with E-state index in [1.54, 1.807) is 12.1 Å². The van der Waals surface area contributed by atoms with Crippen LogP contribution in [0.2, 0.25) is 19.6 Å². The number of hydrogen-bond acceptors (Lipinski definition) is 2. The summed E-state index contributed by atoms with van der Waals surface area (Å²) in [7, 11) is -1.98. The highest BCUT2D eigenvalue weighted by molar-refractivity contribution is 6.69. The van der Waals surface area contributed by atoms with E-state index in [0.29, 0.717) is 0 Å². The van der Waals surface area contributed by atoms with Crippen LogP contribution in [-0.2, 0) is 9.22 Å². The Balaban J connectivity index is 2.89. The van der Waals surface area contributed by atoms with Crippen molar-refractivity contribution in [3.05, 3.63) is 35.4 Å². The molecule has 1 amide bonds. The van der Waals surface area contributed by atoms with Crippen LogP contribution < -0.4 is 5.32 Å². The van der Waals surface area contributed by atoms with Gasteiger partial charge in [0.15, 0.2) is 8.32 Å². The molecular formula is C14H20F3NO2Si. The first-order chi connectivity index (χ1) is 9.50. The van der Waals surface area contributed by atoms with Gasteiger partial charge < -0.3 is 9.74 Å². The number of rotatable bonds is 5. The van der Waals surface area contributed by atoms with Crippen molar-refractivity contribution >= 4 is 14.2 Å². The Hall–Kier alpha value is -1.34. The van der Waals surface area contributed by atoms with Gasteiger partial charge in [0.1, 0.15) is 0 Å². The Morgan fingerprint density at radius 2 is 1.86 bits per heavy atom. The maximum atomic E-state index is 12.3. The van der Waals surface area contributed by atoms with Crippen molar-refractivity contribution in [2.45, 2.75) is 38.8 Å². The van der Waals surface area contributed by atoms with E-state index in [4.69, 9.17) is 4.43 Å². The third-order valence-corrected chi connectivity index (χ3v) is 3.73. The van der Waals surface area contributed by atoms with Crippen molar-refractivity contribution in [3.63, 3.8) is 0 Å². The fraction of sp³-hybridized carbons (Fsp3) is 0.500. The fourth-order valence-corrected chi connectivity index (χ4v) is 2.94. The molecule has 21 heavy (non-hydrogen) atoms. The van der Waals surface area contributed by atoms with Crippen LogP contribution in [0.3, 0.4) is 0 Å².